The van der Waals surface area contributed by atoms with Gasteiger partial charge in [-0.15, -0.1) is 0 Å². The second-order valence-electron chi connectivity index (χ2n) is 5.56. The van der Waals surface area contributed by atoms with Crippen LogP contribution in [-0.2, 0) is 9.53 Å². The van der Waals surface area contributed by atoms with E-state index in [2.05, 4.69) is 10.6 Å². The van der Waals surface area contributed by atoms with Crippen LogP contribution in [0.4, 0.5) is 4.79 Å². The van der Waals surface area contributed by atoms with E-state index in [4.69, 9.17) is 4.74 Å². The molecule has 0 saturated heterocycles. The second kappa shape index (κ2) is 5.38. The Hall–Kier alpha value is -1.26. The first-order chi connectivity index (χ1) is 7.78. The van der Waals surface area contributed by atoms with Crippen molar-refractivity contribution in [1.82, 2.24) is 10.6 Å². The summed E-state index contributed by atoms with van der Waals surface area (Å²) in [5, 5.41) is 5.31. The molecule has 2 N–H and O–H groups in total. The maximum atomic E-state index is 11.6. The van der Waals surface area contributed by atoms with Crippen LogP contribution >= 0.6 is 0 Å². The molecular weight excluding hydrogens is 220 g/mol. The molecule has 1 saturated carbocycles. The summed E-state index contributed by atoms with van der Waals surface area (Å²) < 4.78 is 5.07. The van der Waals surface area contributed by atoms with Crippen LogP contribution in [0.3, 0.4) is 0 Å². The maximum Gasteiger partial charge on any atom is 0.408 e. The molecular formula is C12H22N2O3. The van der Waals surface area contributed by atoms with Crippen molar-refractivity contribution < 1.29 is 14.3 Å². The van der Waals surface area contributed by atoms with Crippen molar-refractivity contribution in [1.29, 1.82) is 0 Å². The summed E-state index contributed by atoms with van der Waals surface area (Å²) in [5.41, 5.74) is -0.547. The average Bonchev–Trinajstić information content (AvgIpc) is 2.93. The average molecular weight is 242 g/mol. The Bertz CT molecular complexity index is 293. The van der Waals surface area contributed by atoms with E-state index >= 15 is 0 Å². The number of carbonyl (C=O) groups is 2. The van der Waals surface area contributed by atoms with Crippen LogP contribution in [0.1, 0.15) is 40.5 Å². The molecule has 5 heteroatoms. The summed E-state index contributed by atoms with van der Waals surface area (Å²) in [6, 6.07) is -0.566. The van der Waals surface area contributed by atoms with E-state index in [1.54, 1.807) is 27.7 Å². The van der Waals surface area contributed by atoms with Crippen molar-refractivity contribution >= 4 is 12.0 Å². The van der Waals surface area contributed by atoms with Crippen LogP contribution < -0.4 is 10.6 Å². The fourth-order valence-corrected chi connectivity index (χ4v) is 1.27. The van der Waals surface area contributed by atoms with E-state index in [9.17, 15) is 9.59 Å². The van der Waals surface area contributed by atoms with Crippen molar-refractivity contribution in [2.24, 2.45) is 5.92 Å². The molecule has 0 bridgehead atoms. The molecule has 0 heterocycles. The molecule has 17 heavy (non-hydrogen) atoms. The topological polar surface area (TPSA) is 67.4 Å². The number of hydrogen-bond donors (Lipinski definition) is 2. The minimum atomic E-state index is -0.566. The van der Waals surface area contributed by atoms with E-state index in [1.807, 2.05) is 0 Å². The molecule has 1 fully saturated rings. The number of hydrogen-bond acceptors (Lipinski definition) is 3. The third kappa shape index (κ3) is 6.14. The lowest BCUT2D eigenvalue weighted by Gasteiger charge is -2.21. The Morgan fingerprint density at radius 2 is 1.94 bits per heavy atom. The first-order valence-electron chi connectivity index (χ1n) is 6.05. The highest BCUT2D eigenvalue weighted by molar-refractivity contribution is 5.85. The summed E-state index contributed by atoms with van der Waals surface area (Å²) in [6.07, 6.45) is 1.81. The molecule has 0 aromatic carbocycles. The SMILES string of the molecule is CC(NC(=O)OC(C)(C)C)C(=O)NCC1CC1. The van der Waals surface area contributed by atoms with E-state index < -0.39 is 17.7 Å². The summed E-state index contributed by atoms with van der Waals surface area (Å²) in [7, 11) is 0. The molecule has 1 unspecified atom stereocenters. The molecule has 0 spiro atoms. The van der Waals surface area contributed by atoms with Gasteiger partial charge < -0.3 is 15.4 Å². The van der Waals surface area contributed by atoms with Crippen LogP contribution in [0, 0.1) is 5.92 Å². The van der Waals surface area contributed by atoms with Gasteiger partial charge in [-0.3, -0.25) is 4.79 Å². The molecule has 2 amide bonds. The fourth-order valence-electron chi connectivity index (χ4n) is 1.27. The van der Waals surface area contributed by atoms with Gasteiger partial charge in [0.1, 0.15) is 11.6 Å². The quantitative estimate of drug-likeness (QED) is 0.783. The smallest absolute Gasteiger partial charge is 0.408 e. The maximum absolute atomic E-state index is 11.6. The first-order valence-corrected chi connectivity index (χ1v) is 6.05. The van der Waals surface area contributed by atoms with Crippen LogP contribution in [0.5, 0.6) is 0 Å². The summed E-state index contributed by atoms with van der Waals surface area (Å²) >= 11 is 0. The summed E-state index contributed by atoms with van der Waals surface area (Å²) in [5.74, 6) is 0.468. The van der Waals surface area contributed by atoms with Crippen molar-refractivity contribution in [3.63, 3.8) is 0 Å². The number of ether oxygens (including phenoxy) is 1. The van der Waals surface area contributed by atoms with Gasteiger partial charge in [-0.05, 0) is 46.5 Å². The molecule has 1 aliphatic rings. The van der Waals surface area contributed by atoms with Crippen molar-refractivity contribution in [2.45, 2.75) is 52.2 Å². The van der Waals surface area contributed by atoms with Crippen LogP contribution in [-0.4, -0.2) is 30.2 Å². The Kier molecular flexibility index (Phi) is 4.37. The standard InChI is InChI=1S/C12H22N2O3/c1-8(10(15)13-7-9-5-6-9)14-11(16)17-12(2,3)4/h8-9H,5-7H2,1-4H3,(H,13,15)(H,14,16). The second-order valence-corrected chi connectivity index (χ2v) is 5.56. The molecule has 0 aromatic heterocycles. The van der Waals surface area contributed by atoms with Crippen molar-refractivity contribution in [2.75, 3.05) is 6.54 Å². The number of nitrogens with one attached hydrogen (secondary N) is 2. The highest BCUT2D eigenvalue weighted by atomic mass is 16.6. The normalized spacial score (nSPS) is 17.2. The van der Waals surface area contributed by atoms with Crippen LogP contribution in [0.25, 0.3) is 0 Å². The van der Waals surface area contributed by atoms with E-state index in [0.29, 0.717) is 12.5 Å². The molecule has 5 nitrogen and oxygen atoms in total. The Morgan fingerprint density at radius 3 is 2.41 bits per heavy atom. The summed E-state index contributed by atoms with van der Waals surface area (Å²) in [4.78, 5) is 23.0. The largest absolute Gasteiger partial charge is 0.444 e. The van der Waals surface area contributed by atoms with E-state index in [1.165, 1.54) is 12.8 Å². The van der Waals surface area contributed by atoms with Gasteiger partial charge in [0.2, 0.25) is 5.91 Å². The molecule has 1 atom stereocenters. The lowest BCUT2D eigenvalue weighted by atomic mass is 10.2. The zero-order valence-corrected chi connectivity index (χ0v) is 11.0. The lowest BCUT2D eigenvalue weighted by molar-refractivity contribution is -0.122. The van der Waals surface area contributed by atoms with Crippen molar-refractivity contribution in [3.8, 4) is 0 Å². The van der Waals surface area contributed by atoms with Gasteiger partial charge in [0.05, 0.1) is 0 Å². The number of rotatable bonds is 4. The molecule has 0 radical (unpaired) electrons. The zero-order valence-electron chi connectivity index (χ0n) is 11.0. The predicted molar refractivity (Wildman–Crippen MR) is 64.6 cm³/mol. The van der Waals surface area contributed by atoms with Gasteiger partial charge in [0.15, 0.2) is 0 Å². The van der Waals surface area contributed by atoms with E-state index in [-0.39, 0.29) is 5.91 Å². The Morgan fingerprint density at radius 1 is 1.35 bits per heavy atom. The molecule has 0 aliphatic heterocycles. The van der Waals surface area contributed by atoms with Crippen LogP contribution in [0.2, 0.25) is 0 Å². The molecule has 1 aliphatic carbocycles. The monoisotopic (exact) mass is 242 g/mol. The van der Waals surface area contributed by atoms with Gasteiger partial charge >= 0.3 is 6.09 Å². The first kappa shape index (κ1) is 13.8. The zero-order chi connectivity index (χ0) is 13.1. The highest BCUT2D eigenvalue weighted by Crippen LogP contribution is 2.27. The van der Waals surface area contributed by atoms with Gasteiger partial charge in [-0.2, -0.15) is 0 Å². The predicted octanol–water partition coefficient (Wildman–Crippen LogP) is 1.43. The minimum absolute atomic E-state index is 0.164. The number of amides is 2. The van der Waals surface area contributed by atoms with Gasteiger partial charge in [-0.1, -0.05) is 0 Å². The summed E-state index contributed by atoms with van der Waals surface area (Å²) in [6.45, 7) is 7.70. The number of alkyl carbamates (subject to hydrolysis) is 1. The van der Waals surface area contributed by atoms with Gasteiger partial charge in [-0.25, -0.2) is 4.79 Å². The highest BCUT2D eigenvalue weighted by Gasteiger charge is 2.24. The van der Waals surface area contributed by atoms with Crippen LogP contribution in [0.15, 0.2) is 0 Å². The Labute approximate surface area is 102 Å². The van der Waals surface area contributed by atoms with Gasteiger partial charge in [0, 0.05) is 6.54 Å². The van der Waals surface area contributed by atoms with E-state index in [0.717, 1.165) is 0 Å². The Balaban J connectivity index is 2.23. The minimum Gasteiger partial charge on any atom is -0.444 e. The molecule has 1 rings (SSSR count). The fraction of sp³-hybridized carbons (Fsp3) is 0.833. The van der Waals surface area contributed by atoms with Gasteiger partial charge in [0.25, 0.3) is 0 Å². The van der Waals surface area contributed by atoms with Crippen molar-refractivity contribution in [3.05, 3.63) is 0 Å². The lowest BCUT2D eigenvalue weighted by Crippen LogP contribution is -2.46. The number of carbonyl (C=O) groups excluding carboxylic acids is 2. The molecule has 0 aromatic rings. The third-order valence-corrected chi connectivity index (χ3v) is 2.39. The molecule has 98 valence electrons. The third-order valence-electron chi connectivity index (χ3n) is 2.39.